The van der Waals surface area contributed by atoms with Crippen molar-refractivity contribution in [3.8, 4) is 5.88 Å². The summed E-state index contributed by atoms with van der Waals surface area (Å²) in [6.45, 7) is 0.991. The molecule has 4 N–H and O–H groups in total. The Morgan fingerprint density at radius 1 is 1.25 bits per heavy atom. The van der Waals surface area contributed by atoms with Gasteiger partial charge in [0.25, 0.3) is 11.7 Å². The third-order valence-electron chi connectivity index (χ3n) is 4.66. The van der Waals surface area contributed by atoms with E-state index in [1.807, 2.05) is 0 Å². The summed E-state index contributed by atoms with van der Waals surface area (Å²) in [7, 11) is 0. The van der Waals surface area contributed by atoms with Crippen LogP contribution in [-0.4, -0.2) is 49.3 Å². The van der Waals surface area contributed by atoms with Gasteiger partial charge in [-0.15, -0.1) is 0 Å². The zero-order valence-corrected chi connectivity index (χ0v) is 16.8. The van der Waals surface area contributed by atoms with Crippen LogP contribution < -0.4 is 10.5 Å². The molecular weight excluding hydrogens is 433 g/mol. The first-order valence-corrected chi connectivity index (χ1v) is 9.39. The van der Waals surface area contributed by atoms with E-state index in [0.717, 1.165) is 18.5 Å². The highest BCUT2D eigenvalue weighted by Crippen LogP contribution is 2.34. The van der Waals surface area contributed by atoms with E-state index in [-0.39, 0.29) is 46.7 Å². The highest BCUT2D eigenvalue weighted by molar-refractivity contribution is 6.45. The number of benzene rings is 1. The van der Waals surface area contributed by atoms with Crippen molar-refractivity contribution in [2.24, 2.45) is 5.73 Å². The molecule has 9 nitrogen and oxygen atoms in total. The van der Waals surface area contributed by atoms with E-state index < -0.39 is 36.3 Å². The second-order valence-electron chi connectivity index (χ2n) is 6.82. The summed E-state index contributed by atoms with van der Waals surface area (Å²) in [5.74, 6) is -2.51. The maximum Gasteiger partial charge on any atom is 0.416 e. The Labute approximate surface area is 179 Å². The number of carbonyl (C=O) groups excluding carboxylic acids is 2. The number of ether oxygens (including phenoxy) is 1. The van der Waals surface area contributed by atoms with Crippen molar-refractivity contribution >= 4 is 22.7 Å². The zero-order chi connectivity index (χ0) is 23.6. The molecular formula is C20H19F3N4O5. The molecule has 0 fully saturated rings. The van der Waals surface area contributed by atoms with Crippen molar-refractivity contribution in [2.75, 3.05) is 6.61 Å². The Bertz CT molecular complexity index is 1170. The molecule has 0 aliphatic heterocycles. The van der Waals surface area contributed by atoms with Gasteiger partial charge in [-0.2, -0.15) is 13.2 Å². The van der Waals surface area contributed by atoms with Crippen molar-refractivity contribution in [1.29, 1.82) is 0 Å². The standard InChI is InChI=1S/C20H19F3N4O5/c1-2-12-14(16(30)17(24)31)15-18(25-9-26-19(15)32-8-13(28)29)27(12)7-10-4-3-5-11(6-10)20(21,22)23/h3-6,9,13,28-29H,2,7-8H2,1H3,(H2,24,31). The minimum absolute atomic E-state index is 0.000718. The number of Topliss-reactive ketones (excluding diaryl/α,β-unsaturated/α-hetero) is 1. The van der Waals surface area contributed by atoms with Crippen LogP contribution in [0.1, 0.15) is 34.1 Å². The second kappa shape index (κ2) is 8.93. The molecule has 12 heteroatoms. The predicted molar refractivity (Wildman–Crippen MR) is 105 cm³/mol. The number of carbonyl (C=O) groups is 2. The number of halogens is 3. The number of nitrogens with zero attached hydrogens (tertiary/aromatic N) is 3. The van der Waals surface area contributed by atoms with Gasteiger partial charge >= 0.3 is 6.18 Å². The maximum absolute atomic E-state index is 13.1. The first kappa shape index (κ1) is 23.2. The molecule has 32 heavy (non-hydrogen) atoms. The van der Waals surface area contributed by atoms with Gasteiger partial charge in [0, 0.05) is 12.2 Å². The lowest BCUT2D eigenvalue weighted by Gasteiger charge is -2.12. The first-order valence-electron chi connectivity index (χ1n) is 9.39. The van der Waals surface area contributed by atoms with Gasteiger partial charge in [-0.05, 0) is 24.1 Å². The summed E-state index contributed by atoms with van der Waals surface area (Å²) in [5, 5.41) is 18.2. The average Bonchev–Trinajstić information content (AvgIpc) is 3.04. The highest BCUT2D eigenvalue weighted by atomic mass is 19.4. The third kappa shape index (κ3) is 4.55. The van der Waals surface area contributed by atoms with Gasteiger partial charge in [0.05, 0.1) is 16.5 Å². The molecule has 1 amide bonds. The van der Waals surface area contributed by atoms with E-state index in [1.54, 1.807) is 6.92 Å². The number of nitrogens with two attached hydrogens (primary N) is 1. The lowest BCUT2D eigenvalue weighted by molar-refractivity contribution is -0.137. The van der Waals surface area contributed by atoms with Gasteiger partial charge < -0.3 is 25.3 Å². The van der Waals surface area contributed by atoms with E-state index >= 15 is 0 Å². The summed E-state index contributed by atoms with van der Waals surface area (Å²) in [4.78, 5) is 32.4. The molecule has 0 bridgehead atoms. The van der Waals surface area contributed by atoms with Crippen LogP contribution in [0.25, 0.3) is 11.0 Å². The smallest absolute Gasteiger partial charge is 0.416 e. The fourth-order valence-electron chi connectivity index (χ4n) is 3.39. The fraction of sp³-hybridized carbons (Fsp3) is 0.300. The highest BCUT2D eigenvalue weighted by Gasteiger charge is 2.31. The number of amides is 1. The Hall–Kier alpha value is -3.51. The van der Waals surface area contributed by atoms with Gasteiger partial charge in [0.2, 0.25) is 5.88 Å². The molecule has 2 aromatic heterocycles. The molecule has 0 aliphatic carbocycles. The molecule has 0 atom stereocenters. The van der Waals surface area contributed by atoms with Crippen LogP contribution in [0.15, 0.2) is 30.6 Å². The molecule has 0 aliphatic rings. The van der Waals surface area contributed by atoms with Crippen LogP contribution >= 0.6 is 0 Å². The molecule has 0 spiro atoms. The summed E-state index contributed by atoms with van der Waals surface area (Å²) < 4.78 is 46.1. The monoisotopic (exact) mass is 452 g/mol. The number of hydrogen-bond acceptors (Lipinski definition) is 7. The largest absolute Gasteiger partial charge is 0.472 e. The van der Waals surface area contributed by atoms with Crippen LogP contribution in [0.3, 0.4) is 0 Å². The van der Waals surface area contributed by atoms with Crippen molar-refractivity contribution in [2.45, 2.75) is 32.4 Å². The SMILES string of the molecule is CCc1c(C(=O)C(N)=O)c2c(OCC(O)O)ncnc2n1Cc1cccc(C(F)(F)F)c1. The number of aliphatic hydroxyl groups is 2. The summed E-state index contributed by atoms with van der Waals surface area (Å²) in [6, 6.07) is 4.66. The van der Waals surface area contributed by atoms with Gasteiger partial charge in [-0.25, -0.2) is 9.97 Å². The molecule has 0 saturated heterocycles. The quantitative estimate of drug-likeness (QED) is 0.267. The number of rotatable bonds is 8. The van der Waals surface area contributed by atoms with Crippen molar-refractivity contribution < 1.29 is 37.7 Å². The topological polar surface area (TPSA) is 141 Å². The minimum atomic E-state index is -4.54. The zero-order valence-electron chi connectivity index (χ0n) is 16.8. The van der Waals surface area contributed by atoms with Gasteiger partial charge in [0.1, 0.15) is 18.6 Å². The fourth-order valence-corrected chi connectivity index (χ4v) is 3.39. The average molecular weight is 452 g/mol. The lowest BCUT2D eigenvalue weighted by atomic mass is 10.1. The van der Waals surface area contributed by atoms with Crippen LogP contribution in [0.5, 0.6) is 5.88 Å². The van der Waals surface area contributed by atoms with E-state index in [9.17, 15) is 22.8 Å². The van der Waals surface area contributed by atoms with E-state index in [0.29, 0.717) is 0 Å². The number of aliphatic hydroxyl groups excluding tert-OH is 1. The van der Waals surface area contributed by atoms with Crippen LogP contribution in [0.4, 0.5) is 13.2 Å². The van der Waals surface area contributed by atoms with Gasteiger partial charge in [-0.1, -0.05) is 19.1 Å². The minimum Gasteiger partial charge on any atom is -0.472 e. The summed E-state index contributed by atoms with van der Waals surface area (Å²) in [6.07, 6.45) is -5.09. The van der Waals surface area contributed by atoms with Gasteiger partial charge in [-0.3, -0.25) is 9.59 Å². The Kier molecular flexibility index (Phi) is 6.46. The molecule has 0 radical (unpaired) electrons. The normalized spacial score (nSPS) is 11.8. The Balaban J connectivity index is 2.23. The van der Waals surface area contributed by atoms with Crippen molar-refractivity contribution in [1.82, 2.24) is 14.5 Å². The van der Waals surface area contributed by atoms with E-state index in [1.165, 1.54) is 16.7 Å². The van der Waals surface area contributed by atoms with E-state index in [4.69, 9.17) is 20.7 Å². The lowest BCUT2D eigenvalue weighted by Crippen LogP contribution is -2.24. The van der Waals surface area contributed by atoms with Crippen molar-refractivity contribution in [3.05, 3.63) is 53.0 Å². The van der Waals surface area contributed by atoms with Crippen LogP contribution in [0, 0.1) is 0 Å². The molecule has 0 unspecified atom stereocenters. The number of aromatic nitrogens is 3. The van der Waals surface area contributed by atoms with E-state index in [2.05, 4.69) is 9.97 Å². The van der Waals surface area contributed by atoms with Crippen molar-refractivity contribution in [3.63, 3.8) is 0 Å². The van der Waals surface area contributed by atoms with Gasteiger partial charge in [0.15, 0.2) is 6.29 Å². The second-order valence-corrected chi connectivity index (χ2v) is 6.82. The number of fused-ring (bicyclic) bond motifs is 1. The van der Waals surface area contributed by atoms with Crippen LogP contribution in [0.2, 0.25) is 0 Å². The third-order valence-corrected chi connectivity index (χ3v) is 4.66. The molecule has 3 aromatic rings. The molecule has 0 saturated carbocycles. The Morgan fingerprint density at radius 3 is 2.56 bits per heavy atom. The number of primary amides is 1. The predicted octanol–water partition coefficient (Wildman–Crippen LogP) is 1.42. The number of alkyl halides is 3. The number of hydrogen-bond donors (Lipinski definition) is 3. The molecule has 2 heterocycles. The molecule has 170 valence electrons. The Morgan fingerprint density at radius 2 is 1.97 bits per heavy atom. The molecule has 1 aromatic carbocycles. The maximum atomic E-state index is 13.1. The molecule has 3 rings (SSSR count). The summed E-state index contributed by atoms with van der Waals surface area (Å²) in [5.41, 5.74) is 4.89. The first-order chi connectivity index (χ1) is 15.0. The van der Waals surface area contributed by atoms with Crippen LogP contribution in [-0.2, 0) is 23.9 Å². The summed E-state index contributed by atoms with van der Waals surface area (Å²) >= 11 is 0. The number of ketones is 1.